The monoisotopic (exact) mass is 1250 g/mol. The van der Waals surface area contributed by atoms with Crippen molar-refractivity contribution < 1.29 is 55.2 Å². The molecule has 3 heterocycles. The van der Waals surface area contributed by atoms with Crippen LogP contribution < -0.4 is 0 Å². The summed E-state index contributed by atoms with van der Waals surface area (Å²) in [6.45, 7) is 0. The average molecular weight is 1250 g/mol. The van der Waals surface area contributed by atoms with Crippen molar-refractivity contribution in [2.24, 2.45) is 0 Å². The fourth-order valence-electron chi connectivity index (χ4n) is 9.88. The first-order valence-electron chi connectivity index (χ1n) is 24.9. The van der Waals surface area contributed by atoms with Gasteiger partial charge in [-0.05, 0) is 155 Å². The maximum absolute atomic E-state index is 16.2. The fraction of sp³-hybridized carbons (Fsp3) is 0. The van der Waals surface area contributed by atoms with E-state index in [2.05, 4.69) is 28.2 Å². The normalized spacial score (nSPS) is 11.1. The van der Waals surface area contributed by atoms with Crippen molar-refractivity contribution in [3.05, 3.63) is 284 Å². The fourth-order valence-corrected chi connectivity index (χ4v) is 9.88. The average Bonchev–Trinajstić information content (AvgIpc) is 3.56. The van der Waals surface area contributed by atoms with Crippen LogP contribution >= 0.6 is 0 Å². The first-order chi connectivity index (χ1) is 38.9. The third-order valence-electron chi connectivity index (χ3n) is 13.7. The number of hydrogen-bond acceptors (Lipinski definition) is 3. The molecule has 0 radical (unpaired) electrons. The third-order valence-corrected chi connectivity index (χ3v) is 13.7. The predicted molar refractivity (Wildman–Crippen MR) is 296 cm³/mol. The standard InChI is InChI=1S/C69H36F8N3.Ir/c70-49-14-10-43(11-15-49)69-36-63(42-8-6-41(7-9-42)40-4-2-1-3-5-40)64(39-80-69)57-23-18-52(73)33-62(57)48-29-46(60-31-50(71)16-21-55(60)44-12-26-67(78-37-44)58-24-19-53(74)34-65(58)76)28-47(30-48)61-32-51(72)17-22-56(61)45-13-27-68(79-38-45)59-25-20-54(75)35-66(59)77;/h1-10,12-23,26-39H;/q-3;+3. The Hall–Kier alpha value is -9.48. The van der Waals surface area contributed by atoms with Gasteiger partial charge in [-0.2, -0.15) is 0 Å². The molecule has 0 aliphatic carbocycles. The summed E-state index contributed by atoms with van der Waals surface area (Å²) in [5, 5.41) is 0. The zero-order chi connectivity index (χ0) is 55.0. The van der Waals surface area contributed by atoms with Gasteiger partial charge in [0.2, 0.25) is 0 Å². The van der Waals surface area contributed by atoms with E-state index in [4.69, 9.17) is 4.98 Å². The van der Waals surface area contributed by atoms with Crippen LogP contribution in [0, 0.1) is 64.7 Å². The minimum absolute atomic E-state index is 0. The summed E-state index contributed by atoms with van der Waals surface area (Å²) < 4.78 is 120. The van der Waals surface area contributed by atoms with Gasteiger partial charge in [0.15, 0.2) is 0 Å². The molecule has 9 aromatic carbocycles. The number of benzene rings is 9. The maximum atomic E-state index is 16.2. The molecule has 12 rings (SSSR count). The summed E-state index contributed by atoms with van der Waals surface area (Å²) in [5.41, 5.74) is 10.1. The van der Waals surface area contributed by atoms with Crippen molar-refractivity contribution in [2.45, 2.75) is 0 Å². The second-order valence-electron chi connectivity index (χ2n) is 18.8. The number of nitrogens with zero attached hydrogens (tertiary/aromatic N) is 3. The van der Waals surface area contributed by atoms with Gasteiger partial charge in [-0.1, -0.05) is 126 Å². The molecule has 0 spiro atoms. The summed E-state index contributed by atoms with van der Waals surface area (Å²) >= 11 is 0. The van der Waals surface area contributed by atoms with Crippen LogP contribution in [0.2, 0.25) is 0 Å². The Morgan fingerprint density at radius 1 is 0.259 bits per heavy atom. The zero-order valence-corrected chi connectivity index (χ0v) is 44.4. The van der Waals surface area contributed by atoms with E-state index in [1.54, 1.807) is 60.8 Å². The first kappa shape index (κ1) is 53.5. The number of aromatic nitrogens is 3. The van der Waals surface area contributed by atoms with Gasteiger partial charge in [0.05, 0.1) is 0 Å². The van der Waals surface area contributed by atoms with Crippen molar-refractivity contribution in [2.75, 3.05) is 0 Å². The number of pyridine rings is 3. The molecule has 0 aliphatic heterocycles. The van der Waals surface area contributed by atoms with E-state index in [9.17, 15) is 22.0 Å². The van der Waals surface area contributed by atoms with Crippen LogP contribution in [0.3, 0.4) is 0 Å². The molecule has 0 fully saturated rings. The smallest absolute Gasteiger partial charge is 0.304 e. The minimum atomic E-state index is -0.858. The zero-order valence-electron chi connectivity index (χ0n) is 42.0. The van der Waals surface area contributed by atoms with Crippen LogP contribution in [0.15, 0.2) is 219 Å². The molecular formula is C69H36F8IrN3. The van der Waals surface area contributed by atoms with Gasteiger partial charge >= 0.3 is 20.1 Å². The van der Waals surface area contributed by atoms with Gasteiger partial charge in [0.1, 0.15) is 17.5 Å². The SMILES string of the molecule is Fc1c[c-]c(-c2cc(-c3ccc(-c4ccccc4)cc3)c(-c3ccc(F)cc3-c3cc(-c4cc(F)ccc4-c4ccc(-c5[c-]cc(F)cc5F)nc4)cc(-c4cc(F)ccc4-c4ccc(-c5[c-]cc(F)cc5F)nc4)c3)cn2)cc1.[Ir+3]. The molecule has 12 heteroatoms. The van der Waals surface area contributed by atoms with Crippen LogP contribution in [0.1, 0.15) is 0 Å². The molecule has 392 valence electrons. The molecule has 0 saturated carbocycles. The molecule has 81 heavy (non-hydrogen) atoms. The van der Waals surface area contributed by atoms with E-state index in [0.29, 0.717) is 83.6 Å². The van der Waals surface area contributed by atoms with Crippen LogP contribution in [0.5, 0.6) is 0 Å². The van der Waals surface area contributed by atoms with Gasteiger partial charge in [0, 0.05) is 53.2 Å². The molecule has 12 aromatic rings. The van der Waals surface area contributed by atoms with Gasteiger partial charge in [-0.25, -0.2) is 13.2 Å². The minimum Gasteiger partial charge on any atom is -0.304 e. The van der Waals surface area contributed by atoms with E-state index in [0.717, 1.165) is 41.0 Å². The van der Waals surface area contributed by atoms with Gasteiger partial charge < -0.3 is 15.0 Å². The first-order valence-corrected chi connectivity index (χ1v) is 24.9. The number of halogens is 8. The number of hydrogen-bond donors (Lipinski definition) is 0. The molecule has 0 unspecified atom stereocenters. The van der Waals surface area contributed by atoms with Crippen LogP contribution in [0.25, 0.3) is 123 Å². The molecule has 3 nitrogen and oxygen atoms in total. The molecule has 0 atom stereocenters. The van der Waals surface area contributed by atoms with Crippen LogP contribution in [-0.2, 0) is 20.1 Å². The second kappa shape index (κ2) is 22.7. The molecular weight excluding hydrogens is 1210 g/mol. The second-order valence-corrected chi connectivity index (χ2v) is 18.8. The summed E-state index contributed by atoms with van der Waals surface area (Å²) in [4.78, 5) is 13.8. The Bertz CT molecular complexity index is 4150. The summed E-state index contributed by atoms with van der Waals surface area (Å²) in [6.07, 6.45) is 4.62. The molecule has 0 bridgehead atoms. The Morgan fingerprint density at radius 2 is 0.679 bits per heavy atom. The van der Waals surface area contributed by atoms with E-state index in [-0.39, 0.29) is 42.6 Å². The summed E-state index contributed by atoms with van der Waals surface area (Å²) in [7, 11) is 0. The van der Waals surface area contributed by atoms with E-state index >= 15 is 13.2 Å². The van der Waals surface area contributed by atoms with Crippen LogP contribution in [0.4, 0.5) is 35.1 Å². The summed E-state index contributed by atoms with van der Waals surface area (Å²) in [6, 6.07) is 59.9. The molecule has 3 aromatic heterocycles. The van der Waals surface area contributed by atoms with E-state index in [1.165, 1.54) is 73.1 Å². The van der Waals surface area contributed by atoms with Gasteiger partial charge in [-0.15, -0.1) is 54.1 Å². The van der Waals surface area contributed by atoms with Crippen LogP contribution in [-0.4, -0.2) is 15.0 Å². The summed E-state index contributed by atoms with van der Waals surface area (Å²) in [5.74, 6) is -5.57. The van der Waals surface area contributed by atoms with Crippen molar-refractivity contribution in [1.82, 2.24) is 15.0 Å². The Balaban J connectivity index is 0.00000690. The van der Waals surface area contributed by atoms with Gasteiger partial charge in [0.25, 0.3) is 0 Å². The number of rotatable bonds is 11. The third kappa shape index (κ3) is 11.1. The quantitative estimate of drug-likeness (QED) is 0.0957. The Labute approximate surface area is 474 Å². The van der Waals surface area contributed by atoms with E-state index in [1.807, 2.05) is 60.7 Å². The van der Waals surface area contributed by atoms with E-state index < -0.39 is 46.5 Å². The maximum Gasteiger partial charge on any atom is 3.00 e. The molecule has 0 saturated heterocycles. The largest absolute Gasteiger partial charge is 3.00 e. The van der Waals surface area contributed by atoms with Crippen molar-refractivity contribution >= 4 is 0 Å². The molecule has 0 amide bonds. The topological polar surface area (TPSA) is 38.7 Å². The van der Waals surface area contributed by atoms with Crippen molar-refractivity contribution in [1.29, 1.82) is 0 Å². The van der Waals surface area contributed by atoms with Gasteiger partial charge in [-0.3, -0.25) is 22.0 Å². The Kier molecular flexibility index (Phi) is 15.0. The molecule has 0 aliphatic rings. The molecule has 0 N–H and O–H groups in total. The van der Waals surface area contributed by atoms with Crippen molar-refractivity contribution in [3.8, 4) is 123 Å². The van der Waals surface area contributed by atoms with Crippen molar-refractivity contribution in [3.63, 3.8) is 0 Å². The Morgan fingerprint density at radius 3 is 1.15 bits per heavy atom. The predicted octanol–water partition coefficient (Wildman–Crippen LogP) is 18.7.